The highest BCUT2D eigenvalue weighted by atomic mass is 15.2. The maximum atomic E-state index is 9.50. The van der Waals surface area contributed by atoms with Crippen molar-refractivity contribution >= 4 is 39.0 Å². The maximum absolute atomic E-state index is 9.50. The van der Waals surface area contributed by atoms with E-state index in [0.717, 1.165) is 44.8 Å². The lowest BCUT2D eigenvalue weighted by atomic mass is 9.73. The first kappa shape index (κ1) is 21.4. The van der Waals surface area contributed by atoms with Crippen LogP contribution in [0.2, 0.25) is 0 Å². The van der Waals surface area contributed by atoms with Gasteiger partial charge in [0.1, 0.15) is 11.6 Å². The van der Waals surface area contributed by atoms with Gasteiger partial charge in [-0.15, -0.1) is 0 Å². The van der Waals surface area contributed by atoms with Crippen molar-refractivity contribution in [2.45, 2.75) is 19.3 Å². The van der Waals surface area contributed by atoms with Crippen LogP contribution >= 0.6 is 0 Å². The Morgan fingerprint density at radius 1 is 0.649 bits per heavy atom. The minimum Gasteiger partial charge on any atom is -0.294 e. The highest BCUT2D eigenvalue weighted by molar-refractivity contribution is 6.09. The Morgan fingerprint density at radius 3 is 2.00 bits per heavy atom. The van der Waals surface area contributed by atoms with Crippen LogP contribution in [0.25, 0.3) is 27.6 Å². The monoisotopic (exact) mass is 476 g/mol. The average Bonchev–Trinajstić information content (AvgIpc) is 3.27. The summed E-state index contributed by atoms with van der Waals surface area (Å²) in [5.41, 5.74) is 7.49. The van der Waals surface area contributed by atoms with Gasteiger partial charge >= 0.3 is 0 Å². The van der Waals surface area contributed by atoms with E-state index in [4.69, 9.17) is 4.98 Å². The van der Waals surface area contributed by atoms with Gasteiger partial charge in [-0.1, -0.05) is 74.5 Å². The Hall–Kier alpha value is -4.88. The molecule has 3 heterocycles. The predicted molar refractivity (Wildman–Crippen MR) is 150 cm³/mol. The molecular formula is C33H24N4. The molecule has 4 aromatic carbocycles. The van der Waals surface area contributed by atoms with Crippen LogP contribution in [0.4, 0.5) is 17.2 Å². The molecule has 0 atom stereocenters. The Kier molecular flexibility index (Phi) is 4.52. The van der Waals surface area contributed by atoms with Crippen molar-refractivity contribution < 1.29 is 0 Å². The number of nitrogens with zero attached hydrogens (tertiary/aromatic N) is 4. The van der Waals surface area contributed by atoms with Gasteiger partial charge in [0, 0.05) is 16.2 Å². The van der Waals surface area contributed by atoms with Crippen molar-refractivity contribution in [1.29, 1.82) is 5.26 Å². The SMILES string of the molecule is CC1(C)c2ccccc2N(c2cccc(-n3c4ccccc4c4cc(C#N)ccc43)n2)c2ccccc21. The van der Waals surface area contributed by atoms with Gasteiger partial charge in [-0.05, 0) is 59.7 Å². The van der Waals surface area contributed by atoms with Crippen LogP contribution < -0.4 is 4.90 Å². The zero-order valence-corrected chi connectivity index (χ0v) is 20.7. The van der Waals surface area contributed by atoms with Gasteiger partial charge in [-0.3, -0.25) is 9.47 Å². The van der Waals surface area contributed by atoms with E-state index in [0.29, 0.717) is 5.56 Å². The lowest BCUT2D eigenvalue weighted by Gasteiger charge is -2.41. The summed E-state index contributed by atoms with van der Waals surface area (Å²) in [6, 6.07) is 39.9. The fourth-order valence-electron chi connectivity index (χ4n) is 5.87. The van der Waals surface area contributed by atoms with Crippen molar-refractivity contribution in [1.82, 2.24) is 9.55 Å². The van der Waals surface area contributed by atoms with E-state index in [9.17, 15) is 5.26 Å². The zero-order chi connectivity index (χ0) is 25.1. The Labute approximate surface area is 215 Å². The number of benzene rings is 4. The smallest absolute Gasteiger partial charge is 0.140 e. The minimum atomic E-state index is -0.118. The topological polar surface area (TPSA) is 44.9 Å². The van der Waals surface area contributed by atoms with Crippen molar-refractivity contribution in [3.63, 3.8) is 0 Å². The molecule has 176 valence electrons. The average molecular weight is 477 g/mol. The number of pyridine rings is 1. The Balaban J connectivity index is 1.49. The quantitative estimate of drug-likeness (QED) is 0.253. The fraction of sp³-hybridized carbons (Fsp3) is 0.0909. The Bertz CT molecular complexity index is 1840. The second-order valence-electron chi connectivity index (χ2n) is 10.0. The van der Waals surface area contributed by atoms with E-state index in [-0.39, 0.29) is 5.41 Å². The van der Waals surface area contributed by atoms with Crippen LogP contribution in [0, 0.1) is 11.3 Å². The molecule has 0 spiro atoms. The van der Waals surface area contributed by atoms with Crippen molar-refractivity contribution in [2.24, 2.45) is 0 Å². The van der Waals surface area contributed by atoms with E-state index in [2.05, 4.69) is 108 Å². The molecule has 1 aliphatic heterocycles. The molecule has 0 bridgehead atoms. The first-order valence-corrected chi connectivity index (χ1v) is 12.5. The standard InChI is InChI=1S/C33H24N4/c1-33(2)25-11-4-7-14-29(25)37(30-15-8-5-12-26(30)33)32-17-9-16-31(35-32)36-27-13-6-3-10-23(27)24-20-22(21-34)18-19-28(24)36/h3-20H,1-2H3. The van der Waals surface area contributed by atoms with E-state index in [1.54, 1.807) is 0 Å². The molecule has 37 heavy (non-hydrogen) atoms. The highest BCUT2D eigenvalue weighted by Crippen LogP contribution is 2.51. The summed E-state index contributed by atoms with van der Waals surface area (Å²) in [5, 5.41) is 11.7. The molecule has 2 aromatic heterocycles. The summed E-state index contributed by atoms with van der Waals surface area (Å²) in [7, 11) is 0. The third kappa shape index (κ3) is 3.04. The number of hydrogen-bond acceptors (Lipinski definition) is 3. The van der Waals surface area contributed by atoms with Crippen LogP contribution in [0.1, 0.15) is 30.5 Å². The first-order valence-electron chi connectivity index (χ1n) is 12.5. The lowest BCUT2D eigenvalue weighted by Crippen LogP contribution is -2.30. The first-order chi connectivity index (χ1) is 18.1. The molecular weight excluding hydrogens is 452 g/mol. The number of rotatable bonds is 2. The van der Waals surface area contributed by atoms with Gasteiger partial charge in [-0.25, -0.2) is 4.98 Å². The molecule has 0 radical (unpaired) electrons. The van der Waals surface area contributed by atoms with Crippen LogP contribution in [-0.2, 0) is 5.41 Å². The van der Waals surface area contributed by atoms with Gasteiger partial charge < -0.3 is 0 Å². The molecule has 0 saturated carbocycles. The molecule has 0 N–H and O–H groups in total. The van der Waals surface area contributed by atoms with Crippen LogP contribution in [0.5, 0.6) is 0 Å². The molecule has 4 heteroatoms. The maximum Gasteiger partial charge on any atom is 0.140 e. The molecule has 0 fully saturated rings. The molecule has 1 aliphatic rings. The van der Waals surface area contributed by atoms with Gasteiger partial charge in [0.25, 0.3) is 0 Å². The second kappa shape index (κ2) is 7.81. The normalized spacial score (nSPS) is 13.8. The molecule has 0 amide bonds. The third-order valence-corrected chi connectivity index (χ3v) is 7.62. The van der Waals surface area contributed by atoms with Crippen LogP contribution in [-0.4, -0.2) is 9.55 Å². The Morgan fingerprint density at radius 2 is 1.27 bits per heavy atom. The number of anilines is 3. The van der Waals surface area contributed by atoms with Gasteiger partial charge in [0.05, 0.1) is 34.0 Å². The van der Waals surface area contributed by atoms with Gasteiger partial charge in [0.2, 0.25) is 0 Å². The third-order valence-electron chi connectivity index (χ3n) is 7.62. The van der Waals surface area contributed by atoms with E-state index >= 15 is 0 Å². The van der Waals surface area contributed by atoms with E-state index < -0.39 is 0 Å². The number of hydrogen-bond donors (Lipinski definition) is 0. The molecule has 7 rings (SSSR count). The van der Waals surface area contributed by atoms with Gasteiger partial charge in [-0.2, -0.15) is 5.26 Å². The molecule has 0 saturated heterocycles. The second-order valence-corrected chi connectivity index (χ2v) is 10.0. The van der Waals surface area contributed by atoms with Crippen LogP contribution in [0.15, 0.2) is 109 Å². The number of fused-ring (bicyclic) bond motifs is 5. The van der Waals surface area contributed by atoms with Gasteiger partial charge in [0.15, 0.2) is 0 Å². The molecule has 0 aliphatic carbocycles. The fourth-order valence-corrected chi connectivity index (χ4v) is 5.87. The summed E-state index contributed by atoms with van der Waals surface area (Å²) >= 11 is 0. The van der Waals surface area contributed by atoms with Crippen LogP contribution in [0.3, 0.4) is 0 Å². The zero-order valence-electron chi connectivity index (χ0n) is 20.7. The number of aromatic nitrogens is 2. The molecule has 0 unspecified atom stereocenters. The minimum absolute atomic E-state index is 0.118. The summed E-state index contributed by atoms with van der Waals surface area (Å²) in [6.45, 7) is 4.58. The molecule has 4 nitrogen and oxygen atoms in total. The van der Waals surface area contributed by atoms with Crippen molar-refractivity contribution in [3.05, 3.63) is 126 Å². The molecule has 6 aromatic rings. The van der Waals surface area contributed by atoms with E-state index in [1.165, 1.54) is 11.1 Å². The van der Waals surface area contributed by atoms with E-state index in [1.807, 2.05) is 30.3 Å². The summed E-state index contributed by atoms with van der Waals surface area (Å²) in [4.78, 5) is 7.53. The number of para-hydroxylation sites is 3. The summed E-state index contributed by atoms with van der Waals surface area (Å²) < 4.78 is 2.20. The highest BCUT2D eigenvalue weighted by Gasteiger charge is 2.36. The largest absolute Gasteiger partial charge is 0.294 e. The predicted octanol–water partition coefficient (Wildman–Crippen LogP) is 8.16. The van der Waals surface area contributed by atoms with Crippen molar-refractivity contribution in [3.8, 4) is 11.9 Å². The summed E-state index contributed by atoms with van der Waals surface area (Å²) in [5.74, 6) is 1.71. The van der Waals surface area contributed by atoms with Crippen molar-refractivity contribution in [2.75, 3.05) is 4.90 Å². The lowest BCUT2D eigenvalue weighted by molar-refractivity contribution is 0.631. The number of nitriles is 1. The summed E-state index contributed by atoms with van der Waals surface area (Å²) in [6.07, 6.45) is 0.